The molecule has 6 aromatic rings. The smallest absolute Gasteiger partial charge is 0.305 e. The molecule has 6 aromatic carbocycles. The molecule has 2 amide bonds. The average molecular weight is 1480 g/mol. The number of amides is 2. The van der Waals surface area contributed by atoms with Crippen molar-refractivity contribution in [3.05, 3.63) is 196 Å². The summed E-state index contributed by atoms with van der Waals surface area (Å²) in [6, 6.07) is 17.1. The second-order valence-corrected chi connectivity index (χ2v) is 23.1. The van der Waals surface area contributed by atoms with Gasteiger partial charge in [-0.15, -0.1) is 0 Å². The maximum absolute atomic E-state index is 15.8. The summed E-state index contributed by atoms with van der Waals surface area (Å²) in [7, 11) is 0. The maximum Gasteiger partial charge on any atom is 0.435 e. The average Bonchev–Trinajstić information content (AvgIpc) is 1.61. The molecule has 6 nitrogen and oxygen atoms in total. The Kier molecular flexibility index (Phi) is 20.2. The van der Waals surface area contributed by atoms with Crippen LogP contribution in [0, 0.1) is 23.5 Å². The van der Waals surface area contributed by atoms with Crippen molar-refractivity contribution in [2.45, 2.75) is 86.9 Å². The van der Waals surface area contributed by atoms with Crippen LogP contribution in [0.5, 0.6) is 0 Å². The Morgan fingerprint density at radius 1 is 0.427 bits per heavy atom. The zero-order chi connectivity index (χ0) is 66.5. The predicted molar refractivity (Wildman–Crippen MR) is 286 cm³/mol. The quantitative estimate of drug-likeness (QED) is 0.0715. The number of nitrogens with zero attached hydrogens (tertiary/aromatic N) is 2. The van der Waals surface area contributed by atoms with Gasteiger partial charge in [0.1, 0.15) is 0 Å². The van der Waals surface area contributed by atoms with Crippen molar-refractivity contribution in [1.29, 1.82) is 0 Å². The minimum Gasteiger partial charge on any atom is -0.305 e. The van der Waals surface area contributed by atoms with Gasteiger partial charge in [0.15, 0.2) is 23.2 Å². The normalized spacial score (nSPS) is 14.4. The number of hydrogen-bond acceptors (Lipinski definition) is 4. The van der Waals surface area contributed by atoms with Crippen molar-refractivity contribution in [3.8, 4) is 0 Å². The number of halogens is 25. The van der Waals surface area contributed by atoms with E-state index in [1.165, 1.54) is 36.4 Å². The van der Waals surface area contributed by atoms with Gasteiger partial charge in [-0.05, 0) is 140 Å². The topological polar surface area (TPSA) is 74.8 Å². The molecule has 2 aliphatic carbocycles. The molecular weight excluding hydrogens is 1450 g/mol. The molecule has 0 bridgehead atoms. The van der Waals surface area contributed by atoms with Crippen molar-refractivity contribution in [2.24, 2.45) is 11.8 Å². The van der Waals surface area contributed by atoms with Crippen LogP contribution in [-0.4, -0.2) is 61.2 Å². The summed E-state index contributed by atoms with van der Waals surface area (Å²) in [5.74, 6) is -6.47. The van der Waals surface area contributed by atoms with Crippen molar-refractivity contribution in [2.75, 3.05) is 22.9 Å². The third kappa shape index (κ3) is 15.1. The van der Waals surface area contributed by atoms with Crippen LogP contribution >= 0.6 is 47.8 Å². The summed E-state index contributed by atoms with van der Waals surface area (Å²) < 4.78 is 303. The third-order valence-electron chi connectivity index (χ3n) is 14.0. The van der Waals surface area contributed by atoms with Gasteiger partial charge in [0.25, 0.3) is 11.8 Å². The number of carbonyl (C=O) groups excluding carboxylic acids is 4. The lowest BCUT2D eigenvalue weighted by molar-refractivity contribution is -0.349. The van der Waals surface area contributed by atoms with Crippen molar-refractivity contribution in [1.82, 2.24) is 0 Å². The number of ketones is 2. The fraction of sp³-hybridized carbons (Fsp3) is 0.310. The van der Waals surface area contributed by atoms with Gasteiger partial charge in [-0.1, -0.05) is 72.1 Å². The molecule has 0 spiro atoms. The van der Waals surface area contributed by atoms with Crippen LogP contribution in [0.1, 0.15) is 100 Å². The van der Waals surface area contributed by atoms with Gasteiger partial charge in [-0.3, -0.25) is 19.2 Å². The molecule has 0 atom stereocenters. The van der Waals surface area contributed by atoms with Gasteiger partial charge < -0.3 is 9.80 Å². The van der Waals surface area contributed by atoms with Gasteiger partial charge in [0.05, 0.1) is 33.6 Å². The molecule has 8 rings (SSSR count). The second kappa shape index (κ2) is 25.6. The molecule has 89 heavy (non-hydrogen) atoms. The van der Waals surface area contributed by atoms with Crippen LogP contribution in [0.15, 0.2) is 129 Å². The van der Waals surface area contributed by atoms with E-state index in [9.17, 15) is 107 Å². The molecule has 31 heteroatoms. The SMILES string of the molecule is O=C(Cc1c(Br)cc(C(F)(C(F)(F)F)C(F)(F)F)cc1C(F)(F)F)c1cccc(N(CC2CC2)C(=O)c2ccc(Br)cc2)c1F.O=C(Cc1ccc(C(F)(C(F)(F)F)C(F)(F)F)cc1C(F)(F)F)c1cccc(N(CC2CC2)C(=O)c2ccc(Br)cc2)c1F. The van der Waals surface area contributed by atoms with Crippen LogP contribution in [-0.2, 0) is 36.5 Å². The first-order chi connectivity index (χ1) is 40.9. The Morgan fingerprint density at radius 3 is 1.15 bits per heavy atom. The number of Topliss-reactive ketones (excluding diaryl/α,β-unsaturated/α-hetero) is 2. The summed E-state index contributed by atoms with van der Waals surface area (Å²) in [4.78, 5) is 55.0. The van der Waals surface area contributed by atoms with E-state index < -0.39 is 157 Å². The Bertz CT molecular complexity index is 3620. The monoisotopic (exact) mass is 1480 g/mol. The molecule has 0 heterocycles. The van der Waals surface area contributed by atoms with Crippen molar-refractivity contribution >= 4 is 82.5 Å². The number of carbonyl (C=O) groups is 4. The number of hydrogen-bond donors (Lipinski definition) is 0. The summed E-state index contributed by atoms with van der Waals surface area (Å²) in [6.45, 7) is 0.116. The summed E-state index contributed by atoms with van der Waals surface area (Å²) in [6.07, 6.45) is -37.8. The Hall–Kier alpha value is -6.50. The highest BCUT2D eigenvalue weighted by atomic mass is 79.9. The first kappa shape index (κ1) is 70.0. The second-order valence-electron chi connectivity index (χ2n) is 20.4. The van der Waals surface area contributed by atoms with Gasteiger partial charge in [0, 0.05) is 61.6 Å². The molecule has 2 fully saturated rings. The first-order valence-corrected chi connectivity index (χ1v) is 27.8. The zero-order valence-corrected chi connectivity index (χ0v) is 49.0. The van der Waals surface area contributed by atoms with E-state index in [1.54, 1.807) is 24.3 Å². The fourth-order valence-corrected chi connectivity index (χ4v) is 10.2. The lowest BCUT2D eigenvalue weighted by Gasteiger charge is -2.31. The third-order valence-corrected chi connectivity index (χ3v) is 15.8. The van der Waals surface area contributed by atoms with Crippen LogP contribution in [0.2, 0.25) is 0 Å². The zero-order valence-electron chi connectivity index (χ0n) is 44.3. The fourth-order valence-electron chi connectivity index (χ4n) is 9.06. The molecule has 0 aromatic heterocycles. The van der Waals surface area contributed by atoms with Gasteiger partial charge >= 0.3 is 48.4 Å². The van der Waals surface area contributed by atoms with Crippen LogP contribution in [0.4, 0.5) is 108 Å². The van der Waals surface area contributed by atoms with Gasteiger partial charge in [-0.25, -0.2) is 17.6 Å². The predicted octanol–water partition coefficient (Wildman–Crippen LogP) is 19.5. The lowest BCUT2D eigenvalue weighted by atomic mass is 9.89. The Morgan fingerprint density at radius 2 is 0.787 bits per heavy atom. The van der Waals surface area contributed by atoms with E-state index >= 15 is 8.78 Å². The minimum absolute atomic E-state index is 0.0167. The Labute approximate surface area is 513 Å². The van der Waals surface area contributed by atoms with E-state index in [4.69, 9.17) is 0 Å². The van der Waals surface area contributed by atoms with Gasteiger partial charge in [-0.2, -0.15) is 79.0 Å². The molecule has 2 aliphatic rings. The summed E-state index contributed by atoms with van der Waals surface area (Å²) >= 11 is 8.91. The molecule has 478 valence electrons. The number of rotatable bonds is 16. The molecule has 0 aliphatic heterocycles. The summed E-state index contributed by atoms with van der Waals surface area (Å²) in [5, 5.41) is 0. The van der Waals surface area contributed by atoms with E-state index in [-0.39, 0.29) is 65.6 Å². The van der Waals surface area contributed by atoms with Crippen LogP contribution in [0.3, 0.4) is 0 Å². The van der Waals surface area contributed by atoms with Gasteiger partial charge in [0.2, 0.25) is 0 Å². The molecule has 0 N–H and O–H groups in total. The highest BCUT2D eigenvalue weighted by Crippen LogP contribution is 2.56. The largest absolute Gasteiger partial charge is 0.435 e. The minimum atomic E-state index is -6.70. The molecule has 0 saturated heterocycles. The van der Waals surface area contributed by atoms with Crippen LogP contribution in [0.25, 0.3) is 0 Å². The number of anilines is 2. The lowest BCUT2D eigenvalue weighted by Crippen LogP contribution is -2.50. The highest BCUT2D eigenvalue weighted by Gasteiger charge is 2.75. The Balaban J connectivity index is 0.000000254. The maximum atomic E-state index is 15.8. The number of alkyl halides is 20. The number of benzene rings is 6. The standard InChI is InChI=1S/C29H18Br2F11NO2.C29H19BrF11NO2/c30-17-8-6-15(7-9-17)25(45)43(13-14-4-5-14)22-3-1-2-18(24(22)32)23(44)12-19-20(27(34,35)36)10-16(11-21(19)31)26(33,28(37,38)39)29(40,41)42;30-19-10-7-16(8-11-19)25(44)42(14-15-4-5-15)22-3-1-2-20(24(22)31)23(43)12-17-6-9-18(13-21(17)27(33,34)35)26(32,28(36,37)38)29(39,40)41/h1-3,6-11,14H,4-5,12-13H2;1-3,6-11,13,15H,4-5,12,14H2. The van der Waals surface area contributed by atoms with E-state index in [1.807, 2.05) is 0 Å². The van der Waals surface area contributed by atoms with E-state index in [0.29, 0.717) is 8.95 Å². The van der Waals surface area contributed by atoms with E-state index in [0.717, 1.165) is 59.7 Å². The molecule has 0 radical (unpaired) electrons. The summed E-state index contributed by atoms with van der Waals surface area (Å²) in [5.41, 5.74) is -25.7. The van der Waals surface area contributed by atoms with Crippen molar-refractivity contribution < 1.29 is 116 Å². The van der Waals surface area contributed by atoms with E-state index in [2.05, 4.69) is 47.8 Å². The first-order valence-electron chi connectivity index (χ1n) is 25.5. The molecule has 0 unspecified atom stereocenters. The van der Waals surface area contributed by atoms with Crippen LogP contribution < -0.4 is 9.80 Å². The molecular formula is C58H37Br3F22N2O4. The highest BCUT2D eigenvalue weighted by molar-refractivity contribution is 9.11. The van der Waals surface area contributed by atoms with Crippen molar-refractivity contribution in [3.63, 3.8) is 0 Å². The molecule has 2 saturated carbocycles.